The topological polar surface area (TPSA) is 69.6 Å². The second-order valence-corrected chi connectivity index (χ2v) is 4.79. The average molecular weight is 243 g/mol. The third-order valence-electron chi connectivity index (χ3n) is 3.36. The summed E-state index contributed by atoms with van der Waals surface area (Å²) in [4.78, 5) is 24.1. The summed E-state index contributed by atoms with van der Waals surface area (Å²) in [5, 5.41) is 11.1. The largest absolute Gasteiger partial charge is 0.481 e. The van der Waals surface area contributed by atoms with E-state index in [9.17, 15) is 9.59 Å². The number of amides is 1. The van der Waals surface area contributed by atoms with Crippen LogP contribution in [0.25, 0.3) is 0 Å². The van der Waals surface area contributed by atoms with Gasteiger partial charge < -0.3 is 10.4 Å². The molecule has 1 heterocycles. The van der Waals surface area contributed by atoms with Crippen LogP contribution in [0.3, 0.4) is 0 Å². The van der Waals surface area contributed by atoms with Crippen molar-refractivity contribution in [2.24, 2.45) is 0 Å². The smallest absolute Gasteiger partial charge is 0.305 e. The Bertz CT molecular complexity index is 271. The molecule has 2 atom stereocenters. The summed E-state index contributed by atoms with van der Waals surface area (Å²) >= 11 is 0. The first kappa shape index (κ1) is 14.0. The van der Waals surface area contributed by atoms with Crippen molar-refractivity contribution >= 4 is 11.9 Å². The number of nitrogens with one attached hydrogen (secondary N) is 1. The second kappa shape index (κ2) is 6.59. The first-order chi connectivity index (χ1) is 8.00. The SMILES string of the molecule is CC1CCCC(C)N1[13CH2]C(=O)NCCC(=O)O. The molecule has 1 fully saturated rings. The molecule has 2 unspecified atom stereocenters. The van der Waals surface area contributed by atoms with E-state index in [0.29, 0.717) is 18.6 Å². The van der Waals surface area contributed by atoms with Gasteiger partial charge in [-0.25, -0.2) is 0 Å². The lowest BCUT2D eigenvalue weighted by molar-refractivity contribution is -0.137. The summed E-state index contributed by atoms with van der Waals surface area (Å²) < 4.78 is 0. The highest BCUT2D eigenvalue weighted by Gasteiger charge is 2.26. The van der Waals surface area contributed by atoms with Crippen molar-refractivity contribution in [3.63, 3.8) is 0 Å². The van der Waals surface area contributed by atoms with E-state index in [1.807, 2.05) is 0 Å². The third-order valence-corrected chi connectivity index (χ3v) is 3.36. The highest BCUT2D eigenvalue weighted by Crippen LogP contribution is 2.21. The van der Waals surface area contributed by atoms with Crippen LogP contribution in [0.4, 0.5) is 0 Å². The maximum Gasteiger partial charge on any atom is 0.305 e. The van der Waals surface area contributed by atoms with E-state index in [0.717, 1.165) is 12.8 Å². The Kier molecular flexibility index (Phi) is 5.41. The molecule has 0 aliphatic carbocycles. The Morgan fingerprint density at radius 2 is 1.88 bits per heavy atom. The van der Waals surface area contributed by atoms with Crippen LogP contribution in [-0.4, -0.2) is 47.1 Å². The highest BCUT2D eigenvalue weighted by molar-refractivity contribution is 5.78. The Balaban J connectivity index is 2.31. The molecule has 5 heteroatoms. The predicted molar refractivity (Wildman–Crippen MR) is 64.7 cm³/mol. The van der Waals surface area contributed by atoms with Crippen LogP contribution in [0.2, 0.25) is 0 Å². The molecule has 0 spiro atoms. The molecule has 1 aliphatic heterocycles. The number of nitrogens with zero attached hydrogens (tertiary/aromatic N) is 1. The zero-order valence-electron chi connectivity index (χ0n) is 10.6. The standard InChI is InChI=1S/C12H22N2O3/c1-9-4-3-5-10(2)14(9)8-11(15)13-7-6-12(16)17/h9-10H,3-8H2,1-2H3,(H,13,15)(H,16,17)/i8+1. The van der Waals surface area contributed by atoms with E-state index in [-0.39, 0.29) is 18.9 Å². The van der Waals surface area contributed by atoms with Crippen molar-refractivity contribution in [2.75, 3.05) is 13.1 Å². The lowest BCUT2D eigenvalue weighted by Gasteiger charge is -2.38. The summed E-state index contributed by atoms with van der Waals surface area (Å²) in [7, 11) is 0. The molecule has 2 N–H and O–H groups in total. The second-order valence-electron chi connectivity index (χ2n) is 4.79. The van der Waals surface area contributed by atoms with Crippen molar-refractivity contribution < 1.29 is 14.7 Å². The van der Waals surface area contributed by atoms with Gasteiger partial charge >= 0.3 is 5.97 Å². The van der Waals surface area contributed by atoms with E-state index in [1.54, 1.807) is 0 Å². The van der Waals surface area contributed by atoms with Gasteiger partial charge in [-0.2, -0.15) is 0 Å². The zero-order valence-corrected chi connectivity index (χ0v) is 10.6. The normalized spacial score (nSPS) is 25.5. The van der Waals surface area contributed by atoms with Crippen molar-refractivity contribution in [2.45, 2.75) is 51.6 Å². The molecular formula is C12H22N2O3. The molecule has 17 heavy (non-hydrogen) atoms. The monoisotopic (exact) mass is 243 g/mol. The Morgan fingerprint density at radius 1 is 1.29 bits per heavy atom. The molecule has 0 radical (unpaired) electrons. The minimum absolute atomic E-state index is 0.0170. The Labute approximate surface area is 102 Å². The fourth-order valence-corrected chi connectivity index (χ4v) is 2.32. The van der Waals surface area contributed by atoms with E-state index in [2.05, 4.69) is 24.1 Å². The molecular weight excluding hydrogens is 221 g/mol. The van der Waals surface area contributed by atoms with Crippen LogP contribution >= 0.6 is 0 Å². The van der Waals surface area contributed by atoms with Crippen molar-refractivity contribution in [1.82, 2.24) is 10.2 Å². The van der Waals surface area contributed by atoms with Crippen molar-refractivity contribution in [1.29, 1.82) is 0 Å². The first-order valence-electron chi connectivity index (χ1n) is 6.25. The van der Waals surface area contributed by atoms with Gasteiger partial charge in [-0.1, -0.05) is 6.42 Å². The van der Waals surface area contributed by atoms with E-state index < -0.39 is 5.97 Å². The zero-order chi connectivity index (χ0) is 12.8. The number of carboxylic acids is 1. The number of rotatable bonds is 5. The molecule has 1 aliphatic rings. The van der Waals surface area contributed by atoms with Gasteiger partial charge in [0, 0.05) is 18.6 Å². The number of hydrogen-bond donors (Lipinski definition) is 2. The molecule has 0 aromatic carbocycles. The van der Waals surface area contributed by atoms with Gasteiger partial charge in [0.2, 0.25) is 5.91 Å². The van der Waals surface area contributed by atoms with Gasteiger partial charge in [0.15, 0.2) is 0 Å². The lowest BCUT2D eigenvalue weighted by atomic mass is 9.99. The Morgan fingerprint density at radius 3 is 2.41 bits per heavy atom. The summed E-state index contributed by atoms with van der Waals surface area (Å²) in [5.74, 6) is -0.961. The molecule has 0 saturated carbocycles. The first-order valence-corrected chi connectivity index (χ1v) is 6.25. The maximum atomic E-state index is 11.6. The van der Waals surface area contributed by atoms with Crippen LogP contribution in [0.5, 0.6) is 0 Å². The van der Waals surface area contributed by atoms with Gasteiger partial charge in [-0.15, -0.1) is 0 Å². The van der Waals surface area contributed by atoms with Crippen LogP contribution in [0, 0.1) is 0 Å². The predicted octanol–water partition coefficient (Wildman–Crippen LogP) is 0.840. The van der Waals surface area contributed by atoms with Crippen LogP contribution in [0.1, 0.15) is 39.5 Å². The molecule has 0 bridgehead atoms. The number of carbonyl (C=O) groups excluding carboxylic acids is 1. The van der Waals surface area contributed by atoms with Gasteiger partial charge in [-0.3, -0.25) is 14.5 Å². The van der Waals surface area contributed by atoms with Crippen LogP contribution in [-0.2, 0) is 9.59 Å². The molecule has 1 amide bonds. The maximum absolute atomic E-state index is 11.6. The molecule has 1 saturated heterocycles. The average Bonchev–Trinajstić information content (AvgIpc) is 2.23. The van der Waals surface area contributed by atoms with E-state index in [4.69, 9.17) is 5.11 Å². The summed E-state index contributed by atoms with van der Waals surface area (Å²) in [6, 6.07) is 0.868. The minimum Gasteiger partial charge on any atom is -0.481 e. The number of aliphatic carboxylic acids is 1. The molecule has 0 aromatic rings. The fraction of sp³-hybridized carbons (Fsp3) is 0.833. The van der Waals surface area contributed by atoms with Crippen LogP contribution in [0.15, 0.2) is 0 Å². The van der Waals surface area contributed by atoms with Gasteiger partial charge in [-0.05, 0) is 26.7 Å². The van der Waals surface area contributed by atoms with E-state index >= 15 is 0 Å². The quantitative estimate of drug-likeness (QED) is 0.702. The van der Waals surface area contributed by atoms with Gasteiger partial charge in [0.1, 0.15) is 0 Å². The van der Waals surface area contributed by atoms with Crippen molar-refractivity contribution in [3.05, 3.63) is 0 Å². The summed E-state index contributed by atoms with van der Waals surface area (Å²) in [5.41, 5.74) is 0. The number of piperidine rings is 1. The van der Waals surface area contributed by atoms with Crippen LogP contribution < -0.4 is 5.32 Å². The summed E-state index contributed by atoms with van der Waals surface area (Å²) in [6.45, 7) is 4.87. The van der Waals surface area contributed by atoms with Crippen molar-refractivity contribution in [3.8, 4) is 0 Å². The minimum atomic E-state index is -0.884. The number of carbonyl (C=O) groups is 2. The molecule has 98 valence electrons. The van der Waals surface area contributed by atoms with Gasteiger partial charge in [0.25, 0.3) is 0 Å². The lowest BCUT2D eigenvalue weighted by Crippen LogP contribution is -2.48. The fourth-order valence-electron chi connectivity index (χ4n) is 2.32. The highest BCUT2D eigenvalue weighted by atomic mass is 16.4. The number of carboxylic acid groups (broad SMARTS) is 1. The molecule has 5 nitrogen and oxygen atoms in total. The molecule has 0 aromatic heterocycles. The number of likely N-dealkylation sites (tertiary alicyclic amines) is 1. The third kappa shape index (κ3) is 4.73. The van der Waals surface area contributed by atoms with E-state index in [1.165, 1.54) is 6.42 Å². The summed E-state index contributed by atoms with van der Waals surface area (Å²) in [6.07, 6.45) is 3.47. The Hall–Kier alpha value is -1.10. The number of hydrogen-bond acceptors (Lipinski definition) is 3. The molecule has 1 rings (SSSR count). The van der Waals surface area contributed by atoms with Gasteiger partial charge in [0.05, 0.1) is 13.0 Å².